The van der Waals surface area contributed by atoms with Crippen molar-refractivity contribution in [3.05, 3.63) is 59.2 Å². The Bertz CT molecular complexity index is 959. The summed E-state index contributed by atoms with van der Waals surface area (Å²) in [5.41, 5.74) is 4.00. The first-order valence-electron chi connectivity index (χ1n) is 9.77. The zero-order valence-corrected chi connectivity index (χ0v) is 15.6. The Morgan fingerprint density at radius 2 is 1.57 bits per heavy atom. The highest BCUT2D eigenvalue weighted by molar-refractivity contribution is 6.22. The van der Waals surface area contributed by atoms with Gasteiger partial charge in [-0.05, 0) is 55.2 Å². The number of rotatable bonds is 3. The fraction of sp³-hybridized carbons (Fsp3) is 0.318. The molecular weight excluding hydrogens is 354 g/mol. The van der Waals surface area contributed by atoms with Gasteiger partial charge in [0, 0.05) is 31.0 Å². The predicted molar refractivity (Wildman–Crippen MR) is 106 cm³/mol. The Morgan fingerprint density at radius 1 is 0.893 bits per heavy atom. The largest absolute Gasteiger partial charge is 0.372 e. The molecule has 2 aromatic rings. The molecule has 0 unspecified atom stereocenters. The predicted octanol–water partition coefficient (Wildman–Crippen LogP) is 2.47. The third-order valence-corrected chi connectivity index (χ3v) is 5.90. The van der Waals surface area contributed by atoms with E-state index >= 15 is 0 Å². The van der Waals surface area contributed by atoms with E-state index in [-0.39, 0.29) is 12.5 Å². The van der Waals surface area contributed by atoms with Gasteiger partial charge < -0.3 is 9.80 Å². The summed E-state index contributed by atoms with van der Waals surface area (Å²) in [6.07, 6.45) is 3.24. The van der Waals surface area contributed by atoms with Gasteiger partial charge in [0.05, 0.1) is 11.1 Å². The quantitative estimate of drug-likeness (QED) is 0.774. The van der Waals surface area contributed by atoms with Crippen molar-refractivity contribution < 1.29 is 14.4 Å². The maximum atomic E-state index is 12.9. The van der Waals surface area contributed by atoms with E-state index in [2.05, 4.69) is 17.0 Å². The lowest BCUT2D eigenvalue weighted by molar-refractivity contribution is -0.118. The molecule has 3 aliphatic rings. The van der Waals surface area contributed by atoms with Crippen LogP contribution in [-0.2, 0) is 11.2 Å². The molecule has 0 spiro atoms. The van der Waals surface area contributed by atoms with Gasteiger partial charge in [0.15, 0.2) is 0 Å². The molecule has 0 aromatic heterocycles. The monoisotopic (exact) mass is 375 g/mol. The Hall–Kier alpha value is -3.15. The first-order chi connectivity index (χ1) is 13.6. The molecule has 2 aromatic carbocycles. The van der Waals surface area contributed by atoms with E-state index in [1.54, 1.807) is 29.2 Å². The number of nitrogens with zero attached hydrogens (tertiary/aromatic N) is 3. The van der Waals surface area contributed by atoms with Gasteiger partial charge >= 0.3 is 0 Å². The smallest absolute Gasteiger partial charge is 0.262 e. The number of benzene rings is 2. The van der Waals surface area contributed by atoms with Crippen LogP contribution in [0.25, 0.3) is 0 Å². The average Bonchev–Trinajstić information content (AvgIpc) is 3.44. The maximum Gasteiger partial charge on any atom is 0.262 e. The minimum absolute atomic E-state index is 0.220. The van der Waals surface area contributed by atoms with Crippen LogP contribution < -0.4 is 9.80 Å². The lowest BCUT2D eigenvalue weighted by atomic mass is 10.1. The zero-order valence-electron chi connectivity index (χ0n) is 15.6. The van der Waals surface area contributed by atoms with Crippen molar-refractivity contribution in [2.45, 2.75) is 19.3 Å². The Morgan fingerprint density at radius 3 is 2.25 bits per heavy atom. The third-order valence-electron chi connectivity index (χ3n) is 5.90. The SMILES string of the molecule is O=C1c2ccccc2C(=O)N1CC(=O)N1CCc2cc(N3CCCC3)ccc21. The summed E-state index contributed by atoms with van der Waals surface area (Å²) in [5.74, 6) is -1.00. The fourth-order valence-corrected chi connectivity index (χ4v) is 4.42. The maximum absolute atomic E-state index is 12.9. The van der Waals surface area contributed by atoms with E-state index in [4.69, 9.17) is 0 Å². The van der Waals surface area contributed by atoms with Crippen molar-refractivity contribution in [1.82, 2.24) is 4.90 Å². The summed E-state index contributed by atoms with van der Waals surface area (Å²) in [6.45, 7) is 2.53. The Labute approximate surface area is 163 Å². The highest BCUT2D eigenvalue weighted by Crippen LogP contribution is 2.33. The summed E-state index contributed by atoms with van der Waals surface area (Å²) >= 11 is 0. The molecule has 6 heteroatoms. The number of fused-ring (bicyclic) bond motifs is 2. The number of anilines is 2. The number of imide groups is 1. The molecule has 28 heavy (non-hydrogen) atoms. The van der Waals surface area contributed by atoms with Crippen LogP contribution in [0.4, 0.5) is 11.4 Å². The molecule has 6 nitrogen and oxygen atoms in total. The molecule has 0 saturated carbocycles. The van der Waals surface area contributed by atoms with Crippen LogP contribution in [0.1, 0.15) is 39.1 Å². The second-order valence-electron chi connectivity index (χ2n) is 7.54. The van der Waals surface area contributed by atoms with Crippen LogP contribution in [0.2, 0.25) is 0 Å². The fourth-order valence-electron chi connectivity index (χ4n) is 4.42. The van der Waals surface area contributed by atoms with Gasteiger partial charge in [0.25, 0.3) is 11.8 Å². The van der Waals surface area contributed by atoms with Crippen LogP contribution in [0, 0.1) is 0 Å². The van der Waals surface area contributed by atoms with E-state index in [0.717, 1.165) is 35.7 Å². The first-order valence-corrected chi connectivity index (χ1v) is 9.77. The van der Waals surface area contributed by atoms with Crippen molar-refractivity contribution >= 4 is 29.1 Å². The molecule has 1 fully saturated rings. The Kier molecular flexibility index (Phi) is 3.93. The second-order valence-corrected chi connectivity index (χ2v) is 7.54. The molecule has 3 amide bonds. The number of amides is 3. The van der Waals surface area contributed by atoms with Crippen LogP contribution in [0.15, 0.2) is 42.5 Å². The third kappa shape index (κ3) is 2.59. The molecule has 0 bridgehead atoms. The van der Waals surface area contributed by atoms with Gasteiger partial charge in [0.1, 0.15) is 6.54 Å². The van der Waals surface area contributed by atoms with Gasteiger partial charge in [-0.2, -0.15) is 0 Å². The van der Waals surface area contributed by atoms with E-state index in [1.165, 1.54) is 18.5 Å². The topological polar surface area (TPSA) is 60.9 Å². The Balaban J connectivity index is 1.34. The summed E-state index contributed by atoms with van der Waals surface area (Å²) in [7, 11) is 0. The minimum Gasteiger partial charge on any atom is -0.372 e. The second kappa shape index (κ2) is 6.48. The van der Waals surface area contributed by atoms with Crippen LogP contribution in [-0.4, -0.2) is 48.8 Å². The summed E-state index contributed by atoms with van der Waals surface area (Å²) in [5, 5.41) is 0. The van der Waals surface area contributed by atoms with Crippen molar-refractivity contribution in [2.75, 3.05) is 36.0 Å². The van der Waals surface area contributed by atoms with Crippen molar-refractivity contribution in [2.24, 2.45) is 0 Å². The van der Waals surface area contributed by atoms with Crippen molar-refractivity contribution in [3.63, 3.8) is 0 Å². The minimum atomic E-state index is -0.391. The number of hydrogen-bond donors (Lipinski definition) is 0. The lowest BCUT2D eigenvalue weighted by Gasteiger charge is -2.22. The molecule has 5 rings (SSSR count). The molecule has 0 radical (unpaired) electrons. The highest BCUT2D eigenvalue weighted by atomic mass is 16.2. The van der Waals surface area contributed by atoms with Crippen LogP contribution in [0.3, 0.4) is 0 Å². The van der Waals surface area contributed by atoms with Gasteiger partial charge in [-0.3, -0.25) is 19.3 Å². The molecule has 3 aliphatic heterocycles. The summed E-state index contributed by atoms with van der Waals surface area (Å²) in [4.78, 5) is 43.1. The zero-order chi connectivity index (χ0) is 19.3. The molecule has 1 saturated heterocycles. The van der Waals surface area contributed by atoms with E-state index in [1.807, 2.05) is 6.07 Å². The molecule has 142 valence electrons. The van der Waals surface area contributed by atoms with Gasteiger partial charge in [-0.15, -0.1) is 0 Å². The van der Waals surface area contributed by atoms with E-state index in [9.17, 15) is 14.4 Å². The molecule has 0 aliphatic carbocycles. The molecule has 0 N–H and O–H groups in total. The van der Waals surface area contributed by atoms with E-state index in [0.29, 0.717) is 17.7 Å². The average molecular weight is 375 g/mol. The van der Waals surface area contributed by atoms with Crippen molar-refractivity contribution in [3.8, 4) is 0 Å². The summed E-state index contributed by atoms with van der Waals surface area (Å²) < 4.78 is 0. The number of carbonyl (C=O) groups excluding carboxylic acids is 3. The first kappa shape index (κ1) is 17.0. The number of hydrogen-bond acceptors (Lipinski definition) is 4. The lowest BCUT2D eigenvalue weighted by Crippen LogP contribution is -2.42. The van der Waals surface area contributed by atoms with E-state index < -0.39 is 11.8 Å². The number of carbonyl (C=O) groups is 3. The van der Waals surface area contributed by atoms with Crippen LogP contribution in [0.5, 0.6) is 0 Å². The molecular formula is C22H21N3O3. The molecule has 3 heterocycles. The summed E-state index contributed by atoms with van der Waals surface area (Å²) in [6, 6.07) is 13.0. The van der Waals surface area contributed by atoms with Crippen LogP contribution >= 0.6 is 0 Å². The normalized spacial score (nSPS) is 18.1. The molecule has 0 atom stereocenters. The standard InChI is InChI=1S/C22H21N3O3/c26-20(14-25-21(27)17-5-1-2-6-18(17)22(25)28)24-12-9-15-13-16(7-8-19(15)24)23-10-3-4-11-23/h1-2,5-8,13H,3-4,9-12,14H2. The highest BCUT2D eigenvalue weighted by Gasteiger charge is 2.38. The van der Waals surface area contributed by atoms with Gasteiger partial charge in [0.2, 0.25) is 5.91 Å². The van der Waals surface area contributed by atoms with Gasteiger partial charge in [-0.1, -0.05) is 12.1 Å². The van der Waals surface area contributed by atoms with Gasteiger partial charge in [-0.25, -0.2) is 0 Å². The van der Waals surface area contributed by atoms with Crippen molar-refractivity contribution in [1.29, 1.82) is 0 Å².